The summed E-state index contributed by atoms with van der Waals surface area (Å²) in [6.45, 7) is 11.4. The van der Waals surface area contributed by atoms with Gasteiger partial charge in [-0.15, -0.1) is 0 Å². The summed E-state index contributed by atoms with van der Waals surface area (Å²) >= 11 is 0. The van der Waals surface area contributed by atoms with Crippen LogP contribution >= 0.6 is 0 Å². The topological polar surface area (TPSA) is 12.0 Å². The third kappa shape index (κ3) is 3.63. The van der Waals surface area contributed by atoms with Crippen molar-refractivity contribution in [2.24, 2.45) is 11.8 Å². The zero-order valence-electron chi connectivity index (χ0n) is 13.7. The lowest BCUT2D eigenvalue weighted by molar-refractivity contribution is 0.127. The number of hydrogen-bond donors (Lipinski definition) is 1. The molecule has 0 aromatic heterocycles. The van der Waals surface area contributed by atoms with Crippen molar-refractivity contribution in [1.82, 2.24) is 5.32 Å². The molecule has 0 amide bonds. The highest BCUT2D eigenvalue weighted by molar-refractivity contribution is 5.33. The molecule has 0 saturated heterocycles. The summed E-state index contributed by atoms with van der Waals surface area (Å²) in [5, 5.41) is 3.71. The van der Waals surface area contributed by atoms with E-state index in [4.69, 9.17) is 0 Å². The first-order valence-electron chi connectivity index (χ1n) is 8.33. The predicted molar refractivity (Wildman–Crippen MR) is 88.2 cm³/mol. The normalized spacial score (nSPS) is 25.8. The van der Waals surface area contributed by atoms with E-state index in [0.29, 0.717) is 5.41 Å². The molecular formula is C19H31N. The van der Waals surface area contributed by atoms with Gasteiger partial charge in [0.05, 0.1) is 0 Å². The van der Waals surface area contributed by atoms with E-state index in [0.717, 1.165) is 24.9 Å². The van der Waals surface area contributed by atoms with Crippen molar-refractivity contribution >= 4 is 0 Å². The van der Waals surface area contributed by atoms with E-state index >= 15 is 0 Å². The second kappa shape index (κ2) is 6.76. The van der Waals surface area contributed by atoms with Gasteiger partial charge in [-0.3, -0.25) is 0 Å². The van der Waals surface area contributed by atoms with Gasteiger partial charge in [0.25, 0.3) is 0 Å². The van der Waals surface area contributed by atoms with Gasteiger partial charge in [0, 0.05) is 12.0 Å². The third-order valence-electron chi connectivity index (χ3n) is 4.70. The molecule has 0 bridgehead atoms. The molecule has 1 aliphatic rings. The minimum Gasteiger partial charge on any atom is -0.316 e. The maximum absolute atomic E-state index is 3.71. The Morgan fingerprint density at radius 3 is 2.65 bits per heavy atom. The number of aryl methyl sites for hydroxylation is 1. The molecule has 0 spiro atoms. The molecule has 1 aromatic rings. The average molecular weight is 273 g/mol. The van der Waals surface area contributed by atoms with E-state index in [1.165, 1.54) is 31.2 Å². The fraction of sp³-hybridized carbons (Fsp3) is 0.684. The van der Waals surface area contributed by atoms with Crippen LogP contribution < -0.4 is 5.32 Å². The van der Waals surface area contributed by atoms with E-state index in [2.05, 4.69) is 57.3 Å². The molecule has 2 rings (SSSR count). The highest BCUT2D eigenvalue weighted by atomic mass is 14.9. The Bertz CT molecular complexity index is 416. The maximum atomic E-state index is 3.71. The second-order valence-electron chi connectivity index (χ2n) is 7.24. The van der Waals surface area contributed by atoms with Crippen molar-refractivity contribution in [3.8, 4) is 0 Å². The molecule has 1 saturated carbocycles. The zero-order chi connectivity index (χ0) is 14.6. The van der Waals surface area contributed by atoms with Gasteiger partial charge in [-0.2, -0.15) is 0 Å². The standard InChI is InChI=1S/C19H31N/c1-5-7-17-11-19(12-17,14-20-13-15(2)3)18-9-6-8-16(4)10-18/h6,8-10,15,17,20H,5,7,11-14H2,1-4H3. The van der Waals surface area contributed by atoms with Crippen molar-refractivity contribution in [2.45, 2.75) is 58.8 Å². The lowest BCUT2D eigenvalue weighted by Crippen LogP contribution is -2.49. The first-order valence-corrected chi connectivity index (χ1v) is 8.33. The van der Waals surface area contributed by atoms with Gasteiger partial charge in [-0.05, 0) is 43.7 Å². The van der Waals surface area contributed by atoms with E-state index in [-0.39, 0.29) is 0 Å². The Morgan fingerprint density at radius 2 is 2.05 bits per heavy atom. The van der Waals surface area contributed by atoms with Crippen molar-refractivity contribution in [2.75, 3.05) is 13.1 Å². The average Bonchev–Trinajstić information content (AvgIpc) is 2.35. The molecule has 1 aromatic carbocycles. The van der Waals surface area contributed by atoms with Crippen LogP contribution in [0.2, 0.25) is 0 Å². The van der Waals surface area contributed by atoms with Gasteiger partial charge < -0.3 is 5.32 Å². The Hall–Kier alpha value is -0.820. The monoisotopic (exact) mass is 273 g/mol. The third-order valence-corrected chi connectivity index (χ3v) is 4.70. The van der Waals surface area contributed by atoms with Gasteiger partial charge in [0.2, 0.25) is 0 Å². The highest BCUT2D eigenvalue weighted by Crippen LogP contribution is 2.49. The van der Waals surface area contributed by atoms with Crippen LogP contribution in [0.25, 0.3) is 0 Å². The number of rotatable bonds is 7. The van der Waals surface area contributed by atoms with Crippen LogP contribution in [-0.2, 0) is 5.41 Å². The van der Waals surface area contributed by atoms with Gasteiger partial charge >= 0.3 is 0 Å². The molecule has 1 fully saturated rings. The summed E-state index contributed by atoms with van der Waals surface area (Å²) in [6, 6.07) is 9.17. The lowest BCUT2D eigenvalue weighted by atomic mass is 9.57. The van der Waals surface area contributed by atoms with Crippen LogP contribution in [0.1, 0.15) is 57.6 Å². The smallest absolute Gasteiger partial charge is 0.00831 e. The van der Waals surface area contributed by atoms with Gasteiger partial charge in [-0.1, -0.05) is 63.4 Å². The molecule has 1 aliphatic carbocycles. The van der Waals surface area contributed by atoms with Crippen LogP contribution in [0.3, 0.4) is 0 Å². The molecule has 1 heteroatoms. The quantitative estimate of drug-likeness (QED) is 0.760. The first-order chi connectivity index (χ1) is 9.55. The summed E-state index contributed by atoms with van der Waals surface area (Å²) in [7, 11) is 0. The lowest BCUT2D eigenvalue weighted by Gasteiger charge is -2.49. The van der Waals surface area contributed by atoms with Crippen molar-refractivity contribution in [3.05, 3.63) is 35.4 Å². The molecule has 20 heavy (non-hydrogen) atoms. The minimum absolute atomic E-state index is 0.404. The number of hydrogen-bond acceptors (Lipinski definition) is 1. The molecule has 0 unspecified atom stereocenters. The van der Waals surface area contributed by atoms with Crippen molar-refractivity contribution in [1.29, 1.82) is 0 Å². The summed E-state index contributed by atoms with van der Waals surface area (Å²) < 4.78 is 0. The van der Waals surface area contributed by atoms with Crippen LogP contribution in [0, 0.1) is 18.8 Å². The minimum atomic E-state index is 0.404. The van der Waals surface area contributed by atoms with E-state index in [9.17, 15) is 0 Å². The SMILES string of the molecule is CCCC1CC(CNCC(C)C)(c2cccc(C)c2)C1. The summed E-state index contributed by atoms with van der Waals surface area (Å²) in [4.78, 5) is 0. The predicted octanol–water partition coefficient (Wildman–Crippen LogP) is 4.69. The van der Waals surface area contributed by atoms with E-state index < -0.39 is 0 Å². The molecule has 0 atom stereocenters. The highest BCUT2D eigenvalue weighted by Gasteiger charge is 2.44. The Labute approximate surface area is 125 Å². The maximum Gasteiger partial charge on any atom is 0.00831 e. The number of nitrogens with one attached hydrogen (secondary N) is 1. The molecule has 1 nitrogen and oxygen atoms in total. The second-order valence-corrected chi connectivity index (χ2v) is 7.24. The molecule has 0 radical (unpaired) electrons. The fourth-order valence-corrected chi connectivity index (χ4v) is 3.71. The van der Waals surface area contributed by atoms with E-state index in [1.807, 2.05) is 0 Å². The van der Waals surface area contributed by atoms with Gasteiger partial charge in [0.1, 0.15) is 0 Å². The first kappa shape index (κ1) is 15.6. The fourth-order valence-electron chi connectivity index (χ4n) is 3.71. The summed E-state index contributed by atoms with van der Waals surface area (Å²) in [6.07, 6.45) is 5.47. The van der Waals surface area contributed by atoms with Crippen LogP contribution in [0.5, 0.6) is 0 Å². The molecule has 112 valence electrons. The summed E-state index contributed by atoms with van der Waals surface area (Å²) in [5.41, 5.74) is 3.35. The Balaban J connectivity index is 2.05. The summed E-state index contributed by atoms with van der Waals surface area (Å²) in [5.74, 6) is 1.68. The zero-order valence-corrected chi connectivity index (χ0v) is 13.7. The Kier molecular flexibility index (Phi) is 5.26. The van der Waals surface area contributed by atoms with Crippen molar-refractivity contribution < 1.29 is 0 Å². The Morgan fingerprint density at radius 1 is 1.30 bits per heavy atom. The molecular weight excluding hydrogens is 242 g/mol. The van der Waals surface area contributed by atoms with Crippen LogP contribution in [-0.4, -0.2) is 13.1 Å². The molecule has 1 N–H and O–H groups in total. The van der Waals surface area contributed by atoms with Crippen LogP contribution in [0.4, 0.5) is 0 Å². The van der Waals surface area contributed by atoms with Gasteiger partial charge in [-0.25, -0.2) is 0 Å². The van der Waals surface area contributed by atoms with Crippen molar-refractivity contribution in [3.63, 3.8) is 0 Å². The van der Waals surface area contributed by atoms with Gasteiger partial charge in [0.15, 0.2) is 0 Å². The van der Waals surface area contributed by atoms with Crippen LogP contribution in [0.15, 0.2) is 24.3 Å². The largest absolute Gasteiger partial charge is 0.316 e. The molecule has 0 aliphatic heterocycles. The van der Waals surface area contributed by atoms with E-state index in [1.54, 1.807) is 5.56 Å². The molecule has 0 heterocycles. The number of benzene rings is 1.